The number of carbonyl (C=O) groups is 1. The summed E-state index contributed by atoms with van der Waals surface area (Å²) >= 11 is 1.51. The Morgan fingerprint density at radius 3 is 2.94 bits per heavy atom. The summed E-state index contributed by atoms with van der Waals surface area (Å²) in [6.45, 7) is 2.71. The van der Waals surface area contributed by atoms with Gasteiger partial charge in [0.05, 0.1) is 12.2 Å². The SMILES string of the molecule is CNC(=O)N(C1=NCC(C)S1)c1cccc(F)c1. The van der Waals surface area contributed by atoms with Crippen molar-refractivity contribution in [2.75, 3.05) is 18.5 Å². The molecule has 0 aliphatic carbocycles. The lowest BCUT2D eigenvalue weighted by atomic mass is 10.3. The van der Waals surface area contributed by atoms with E-state index in [9.17, 15) is 9.18 Å². The Morgan fingerprint density at radius 1 is 1.61 bits per heavy atom. The maximum atomic E-state index is 13.3. The van der Waals surface area contributed by atoms with Gasteiger partial charge in [-0.2, -0.15) is 0 Å². The fourth-order valence-electron chi connectivity index (χ4n) is 1.63. The molecule has 1 N–H and O–H groups in total. The number of amidine groups is 1. The molecule has 1 aliphatic heterocycles. The second-order valence-electron chi connectivity index (χ2n) is 3.92. The molecule has 1 heterocycles. The molecule has 0 aromatic heterocycles. The lowest BCUT2D eigenvalue weighted by Gasteiger charge is -2.21. The van der Waals surface area contributed by atoms with E-state index in [1.54, 1.807) is 12.1 Å². The monoisotopic (exact) mass is 267 g/mol. The van der Waals surface area contributed by atoms with E-state index in [2.05, 4.69) is 10.3 Å². The third kappa shape index (κ3) is 2.64. The molecule has 6 heteroatoms. The smallest absolute Gasteiger partial charge is 0.327 e. The van der Waals surface area contributed by atoms with Crippen molar-refractivity contribution in [3.8, 4) is 0 Å². The molecule has 2 rings (SSSR count). The van der Waals surface area contributed by atoms with Gasteiger partial charge in [-0.3, -0.25) is 4.99 Å². The minimum absolute atomic E-state index is 0.319. The summed E-state index contributed by atoms with van der Waals surface area (Å²) in [5, 5.41) is 3.48. The fraction of sp³-hybridized carbons (Fsp3) is 0.333. The molecule has 0 radical (unpaired) electrons. The highest BCUT2D eigenvalue weighted by Gasteiger charge is 2.26. The molecule has 2 amide bonds. The van der Waals surface area contributed by atoms with Crippen LogP contribution < -0.4 is 10.2 Å². The summed E-state index contributed by atoms with van der Waals surface area (Å²) in [6.07, 6.45) is 0. The van der Waals surface area contributed by atoms with Crippen molar-refractivity contribution in [3.05, 3.63) is 30.1 Å². The van der Waals surface area contributed by atoms with Crippen molar-refractivity contribution < 1.29 is 9.18 Å². The number of urea groups is 1. The van der Waals surface area contributed by atoms with Crippen molar-refractivity contribution in [3.63, 3.8) is 0 Å². The van der Waals surface area contributed by atoms with Gasteiger partial charge < -0.3 is 5.32 Å². The molecule has 0 saturated heterocycles. The second-order valence-corrected chi connectivity index (χ2v) is 5.33. The lowest BCUT2D eigenvalue weighted by molar-refractivity contribution is 0.251. The number of carbonyl (C=O) groups excluding carboxylic acids is 1. The van der Waals surface area contributed by atoms with E-state index in [0.717, 1.165) is 0 Å². The number of halogens is 1. The van der Waals surface area contributed by atoms with Gasteiger partial charge in [-0.1, -0.05) is 24.8 Å². The zero-order valence-electron chi connectivity index (χ0n) is 10.2. The molecular formula is C12H14FN3OS. The number of thioether (sulfide) groups is 1. The number of amides is 2. The third-order valence-corrected chi connectivity index (χ3v) is 3.54. The predicted molar refractivity (Wildman–Crippen MR) is 72.7 cm³/mol. The van der Waals surface area contributed by atoms with E-state index in [1.807, 2.05) is 6.92 Å². The topological polar surface area (TPSA) is 44.7 Å². The lowest BCUT2D eigenvalue weighted by Crippen LogP contribution is -2.41. The molecule has 96 valence electrons. The Morgan fingerprint density at radius 2 is 2.39 bits per heavy atom. The highest BCUT2D eigenvalue weighted by Crippen LogP contribution is 2.27. The first-order valence-electron chi connectivity index (χ1n) is 5.60. The standard InChI is InChI=1S/C12H14FN3OS/c1-8-7-15-12(18-8)16(11(17)14-2)10-5-3-4-9(13)6-10/h3-6,8H,7H2,1-2H3,(H,14,17). The van der Waals surface area contributed by atoms with Gasteiger partial charge in [-0.05, 0) is 18.2 Å². The van der Waals surface area contributed by atoms with Crippen LogP contribution in [0.4, 0.5) is 14.9 Å². The summed E-state index contributed by atoms with van der Waals surface area (Å²) < 4.78 is 13.3. The Kier molecular flexibility index (Phi) is 3.86. The van der Waals surface area contributed by atoms with Crippen LogP contribution in [0.1, 0.15) is 6.92 Å². The van der Waals surface area contributed by atoms with Crippen molar-refractivity contribution in [1.82, 2.24) is 5.32 Å². The highest BCUT2D eigenvalue weighted by molar-refractivity contribution is 8.15. The van der Waals surface area contributed by atoms with Crippen molar-refractivity contribution in [1.29, 1.82) is 0 Å². The van der Waals surface area contributed by atoms with Crippen molar-refractivity contribution in [2.45, 2.75) is 12.2 Å². The van der Waals surface area contributed by atoms with Gasteiger partial charge in [0, 0.05) is 12.3 Å². The van der Waals surface area contributed by atoms with E-state index in [-0.39, 0.29) is 11.8 Å². The number of rotatable bonds is 1. The Hall–Kier alpha value is -1.56. The number of hydrogen-bond donors (Lipinski definition) is 1. The summed E-state index contributed by atoms with van der Waals surface area (Å²) in [6, 6.07) is 5.61. The quantitative estimate of drug-likeness (QED) is 0.849. The van der Waals surface area contributed by atoms with Gasteiger partial charge in [0.25, 0.3) is 0 Å². The number of nitrogens with zero attached hydrogens (tertiary/aromatic N) is 2. The molecule has 1 unspecified atom stereocenters. The van der Waals surface area contributed by atoms with E-state index in [0.29, 0.717) is 22.6 Å². The van der Waals surface area contributed by atoms with Gasteiger partial charge in [0.1, 0.15) is 5.82 Å². The van der Waals surface area contributed by atoms with Gasteiger partial charge in [0.2, 0.25) is 0 Å². The normalized spacial score (nSPS) is 18.4. The van der Waals surface area contributed by atoms with E-state index in [4.69, 9.17) is 0 Å². The Balaban J connectivity index is 2.34. The average Bonchev–Trinajstić information content (AvgIpc) is 2.76. The zero-order chi connectivity index (χ0) is 13.1. The molecule has 1 aromatic rings. The number of hydrogen-bond acceptors (Lipinski definition) is 3. The van der Waals surface area contributed by atoms with Crippen LogP contribution in [0.25, 0.3) is 0 Å². The molecule has 4 nitrogen and oxygen atoms in total. The number of benzene rings is 1. The summed E-state index contributed by atoms with van der Waals surface area (Å²) in [7, 11) is 1.54. The van der Waals surface area contributed by atoms with Crippen LogP contribution in [0, 0.1) is 5.82 Å². The van der Waals surface area contributed by atoms with E-state index < -0.39 is 0 Å². The second kappa shape index (κ2) is 5.39. The highest BCUT2D eigenvalue weighted by atomic mass is 32.2. The van der Waals surface area contributed by atoms with Crippen molar-refractivity contribution >= 4 is 28.6 Å². The molecular weight excluding hydrogens is 253 g/mol. The van der Waals surface area contributed by atoms with E-state index in [1.165, 1.54) is 35.8 Å². The first kappa shape index (κ1) is 12.9. The fourth-order valence-corrected chi connectivity index (χ4v) is 2.58. The molecule has 0 spiro atoms. The molecule has 1 atom stereocenters. The number of nitrogens with one attached hydrogen (secondary N) is 1. The molecule has 0 saturated carbocycles. The largest absolute Gasteiger partial charge is 0.340 e. The summed E-state index contributed by atoms with van der Waals surface area (Å²) in [5.74, 6) is -0.377. The summed E-state index contributed by atoms with van der Waals surface area (Å²) in [4.78, 5) is 17.6. The zero-order valence-corrected chi connectivity index (χ0v) is 11.0. The van der Waals surface area contributed by atoms with Gasteiger partial charge in [-0.15, -0.1) is 0 Å². The molecule has 18 heavy (non-hydrogen) atoms. The molecule has 0 fully saturated rings. The van der Waals surface area contributed by atoms with Crippen LogP contribution in [0.2, 0.25) is 0 Å². The maximum absolute atomic E-state index is 13.3. The summed E-state index contributed by atoms with van der Waals surface area (Å²) in [5.41, 5.74) is 0.481. The minimum Gasteiger partial charge on any atom is -0.340 e. The van der Waals surface area contributed by atoms with Crippen LogP contribution in [0.3, 0.4) is 0 Å². The van der Waals surface area contributed by atoms with Gasteiger partial charge in [-0.25, -0.2) is 14.1 Å². The van der Waals surface area contributed by atoms with Crippen LogP contribution in [0.15, 0.2) is 29.3 Å². The van der Waals surface area contributed by atoms with Crippen LogP contribution in [0.5, 0.6) is 0 Å². The Labute approximate surface area is 109 Å². The number of anilines is 1. The van der Waals surface area contributed by atoms with Crippen molar-refractivity contribution in [2.24, 2.45) is 4.99 Å². The first-order valence-corrected chi connectivity index (χ1v) is 6.48. The minimum atomic E-state index is -0.377. The van der Waals surface area contributed by atoms with Gasteiger partial charge >= 0.3 is 6.03 Å². The van der Waals surface area contributed by atoms with Crippen LogP contribution in [-0.4, -0.2) is 30.0 Å². The van der Waals surface area contributed by atoms with E-state index >= 15 is 0 Å². The Bertz CT molecular complexity index is 492. The predicted octanol–water partition coefficient (Wildman–Crippen LogP) is 2.46. The third-order valence-electron chi connectivity index (χ3n) is 2.46. The number of aliphatic imine (C=N–C) groups is 1. The van der Waals surface area contributed by atoms with Crippen LogP contribution in [-0.2, 0) is 0 Å². The van der Waals surface area contributed by atoms with Gasteiger partial charge in [0.15, 0.2) is 5.17 Å². The maximum Gasteiger partial charge on any atom is 0.327 e. The molecule has 0 bridgehead atoms. The van der Waals surface area contributed by atoms with Crippen LogP contribution >= 0.6 is 11.8 Å². The molecule has 1 aromatic carbocycles. The average molecular weight is 267 g/mol. The molecule has 1 aliphatic rings. The first-order chi connectivity index (χ1) is 8.61.